The number of rotatable bonds is 5. The molecule has 2 aromatic carbocycles. The average Bonchev–Trinajstić information content (AvgIpc) is 3.27. The van der Waals surface area contributed by atoms with Gasteiger partial charge in [0.05, 0.1) is 17.2 Å². The number of esters is 1. The lowest BCUT2D eigenvalue weighted by atomic mass is 10.1. The molecule has 5 nitrogen and oxygen atoms in total. The number of ether oxygens (including phenoxy) is 1. The third-order valence-electron chi connectivity index (χ3n) is 6.14. The monoisotopic (exact) mass is 486 g/mol. The minimum absolute atomic E-state index is 0.102. The molecule has 0 radical (unpaired) electrons. The van der Waals surface area contributed by atoms with Crippen molar-refractivity contribution in [2.45, 2.75) is 41.5 Å². The molecule has 0 fully saturated rings. The molecule has 4 rings (SSSR count). The van der Waals surface area contributed by atoms with Gasteiger partial charge in [-0.2, -0.15) is 0 Å². The van der Waals surface area contributed by atoms with Gasteiger partial charge in [0.2, 0.25) is 0 Å². The third kappa shape index (κ3) is 4.98. The minimum Gasteiger partial charge on any atom is -0.506 e. The van der Waals surface area contributed by atoms with Crippen LogP contribution in [-0.2, 0) is 9.53 Å². The van der Waals surface area contributed by atoms with Crippen LogP contribution in [0.4, 0.5) is 5.69 Å². The standard InChI is InChI=1S/C29H30N2O3S/c1-7-34-29(33)26-27(32)25(35-28(26)30-23-11-8-17(2)9-12-23)16-22-15-20(5)31(21(22)6)24-13-10-18(3)19(4)14-24/h8-16,32H,7H2,1-6H3. The quantitative estimate of drug-likeness (QED) is 0.387. The largest absolute Gasteiger partial charge is 0.506 e. The summed E-state index contributed by atoms with van der Waals surface area (Å²) in [6.45, 7) is 12.3. The summed E-state index contributed by atoms with van der Waals surface area (Å²) in [6.07, 6.45) is 1.91. The molecule has 1 aliphatic rings. The number of aliphatic imine (C=N–C) groups is 1. The Morgan fingerprint density at radius 3 is 2.40 bits per heavy atom. The number of aryl methyl sites for hydroxylation is 4. The maximum atomic E-state index is 12.7. The summed E-state index contributed by atoms with van der Waals surface area (Å²) < 4.78 is 7.43. The highest BCUT2D eigenvalue weighted by atomic mass is 32.2. The molecular formula is C29H30N2O3S. The zero-order chi connectivity index (χ0) is 25.3. The van der Waals surface area contributed by atoms with Crippen LogP contribution in [-0.4, -0.2) is 27.3 Å². The summed E-state index contributed by atoms with van der Waals surface area (Å²) in [7, 11) is 0. The summed E-state index contributed by atoms with van der Waals surface area (Å²) in [5, 5.41) is 11.5. The van der Waals surface area contributed by atoms with Gasteiger partial charge in [0.25, 0.3) is 0 Å². The van der Waals surface area contributed by atoms with Crippen LogP contribution >= 0.6 is 11.8 Å². The van der Waals surface area contributed by atoms with Crippen molar-refractivity contribution >= 4 is 34.5 Å². The molecular weight excluding hydrogens is 456 g/mol. The number of aliphatic hydroxyl groups excluding tert-OH is 1. The van der Waals surface area contributed by atoms with E-state index in [0.29, 0.717) is 15.6 Å². The zero-order valence-corrected chi connectivity index (χ0v) is 21.8. The molecule has 1 aromatic heterocycles. The predicted molar refractivity (Wildman–Crippen MR) is 145 cm³/mol. The van der Waals surface area contributed by atoms with E-state index in [1.54, 1.807) is 6.92 Å². The molecule has 6 heteroatoms. The van der Waals surface area contributed by atoms with E-state index < -0.39 is 5.97 Å². The number of hydrogen-bond donors (Lipinski definition) is 1. The summed E-state index contributed by atoms with van der Waals surface area (Å²) >= 11 is 1.28. The fourth-order valence-corrected chi connectivity index (χ4v) is 5.09. The van der Waals surface area contributed by atoms with E-state index >= 15 is 0 Å². The summed E-state index contributed by atoms with van der Waals surface area (Å²) in [5.41, 5.74) is 8.62. The molecule has 2 heterocycles. The van der Waals surface area contributed by atoms with Gasteiger partial charge in [0, 0.05) is 17.1 Å². The number of carbonyl (C=O) groups excluding carboxylic acids is 1. The van der Waals surface area contributed by atoms with Gasteiger partial charge in [-0.15, -0.1) is 0 Å². The van der Waals surface area contributed by atoms with Gasteiger partial charge in [-0.05, 0) is 94.6 Å². The first-order valence-electron chi connectivity index (χ1n) is 11.6. The van der Waals surface area contributed by atoms with Crippen molar-refractivity contribution in [2.75, 3.05) is 6.61 Å². The fraction of sp³-hybridized carbons (Fsp3) is 0.241. The average molecular weight is 487 g/mol. The topological polar surface area (TPSA) is 63.8 Å². The first-order valence-corrected chi connectivity index (χ1v) is 12.4. The smallest absolute Gasteiger partial charge is 0.344 e. The Bertz CT molecular complexity index is 1390. The Kier molecular flexibility index (Phi) is 7.03. The van der Waals surface area contributed by atoms with Crippen LogP contribution in [0.25, 0.3) is 11.8 Å². The van der Waals surface area contributed by atoms with Crippen molar-refractivity contribution < 1.29 is 14.6 Å². The number of carbonyl (C=O) groups is 1. The molecule has 35 heavy (non-hydrogen) atoms. The number of aliphatic hydroxyl groups is 1. The lowest BCUT2D eigenvalue weighted by Crippen LogP contribution is -2.12. The van der Waals surface area contributed by atoms with Crippen molar-refractivity contribution in [1.29, 1.82) is 0 Å². The van der Waals surface area contributed by atoms with Crippen molar-refractivity contribution in [1.82, 2.24) is 4.57 Å². The normalized spacial score (nSPS) is 15.9. The predicted octanol–water partition coefficient (Wildman–Crippen LogP) is 7.21. The lowest BCUT2D eigenvalue weighted by Gasteiger charge is -2.12. The van der Waals surface area contributed by atoms with Crippen LogP contribution in [0.1, 0.15) is 40.6 Å². The Labute approximate surface area is 210 Å². The zero-order valence-electron chi connectivity index (χ0n) is 21.0. The molecule has 0 spiro atoms. The number of hydrogen-bond acceptors (Lipinski definition) is 5. The van der Waals surface area contributed by atoms with Crippen molar-refractivity contribution in [2.24, 2.45) is 4.99 Å². The molecule has 0 saturated heterocycles. The highest BCUT2D eigenvalue weighted by Gasteiger charge is 2.33. The molecule has 0 atom stereocenters. The Hall–Kier alpha value is -3.51. The molecule has 1 N–H and O–H groups in total. The minimum atomic E-state index is -0.577. The molecule has 0 saturated carbocycles. The SMILES string of the molecule is CCOC(=O)C1=C(O)C(=Cc2cc(C)n(-c3ccc(C)c(C)c3)c2C)SC1=Nc1ccc(C)cc1. The van der Waals surface area contributed by atoms with Gasteiger partial charge in [0.1, 0.15) is 16.4 Å². The molecule has 1 aliphatic heterocycles. The van der Waals surface area contributed by atoms with Gasteiger partial charge in [-0.1, -0.05) is 35.5 Å². The first kappa shape index (κ1) is 24.6. The molecule has 0 amide bonds. The van der Waals surface area contributed by atoms with Gasteiger partial charge in [-0.25, -0.2) is 9.79 Å². The van der Waals surface area contributed by atoms with E-state index in [9.17, 15) is 9.90 Å². The Morgan fingerprint density at radius 1 is 1.03 bits per heavy atom. The molecule has 0 unspecified atom stereocenters. The molecule has 180 valence electrons. The summed E-state index contributed by atoms with van der Waals surface area (Å²) in [4.78, 5) is 17.9. The van der Waals surface area contributed by atoms with E-state index in [0.717, 1.165) is 28.2 Å². The third-order valence-corrected chi connectivity index (χ3v) is 7.16. The molecule has 0 aliphatic carbocycles. The number of thioether (sulfide) groups is 1. The van der Waals surface area contributed by atoms with E-state index in [1.807, 2.05) is 37.3 Å². The second-order valence-corrected chi connectivity index (χ2v) is 9.77. The van der Waals surface area contributed by atoms with E-state index in [1.165, 1.54) is 22.9 Å². The Balaban J connectivity index is 1.77. The Morgan fingerprint density at radius 2 is 1.74 bits per heavy atom. The van der Waals surface area contributed by atoms with Crippen LogP contribution in [0, 0.1) is 34.6 Å². The highest BCUT2D eigenvalue weighted by Crippen LogP contribution is 2.41. The second kappa shape index (κ2) is 10.0. The maximum Gasteiger partial charge on any atom is 0.344 e. The van der Waals surface area contributed by atoms with E-state index in [2.05, 4.69) is 61.5 Å². The van der Waals surface area contributed by atoms with Gasteiger partial charge in [-0.3, -0.25) is 0 Å². The molecule has 0 bridgehead atoms. The van der Waals surface area contributed by atoms with Crippen LogP contribution in [0.2, 0.25) is 0 Å². The lowest BCUT2D eigenvalue weighted by molar-refractivity contribution is -0.138. The van der Waals surface area contributed by atoms with Crippen LogP contribution in [0.3, 0.4) is 0 Å². The maximum absolute atomic E-state index is 12.7. The van der Waals surface area contributed by atoms with Crippen LogP contribution in [0.15, 0.2) is 69.8 Å². The van der Waals surface area contributed by atoms with Gasteiger partial charge in [0.15, 0.2) is 0 Å². The number of aromatic nitrogens is 1. The first-order chi connectivity index (χ1) is 16.7. The number of nitrogens with zero attached hydrogens (tertiary/aromatic N) is 2. The van der Waals surface area contributed by atoms with E-state index in [-0.39, 0.29) is 17.9 Å². The van der Waals surface area contributed by atoms with Crippen molar-refractivity contribution in [3.05, 3.63) is 98.4 Å². The van der Waals surface area contributed by atoms with Crippen LogP contribution < -0.4 is 0 Å². The summed E-state index contributed by atoms with van der Waals surface area (Å²) in [6, 6.07) is 16.2. The second-order valence-electron chi connectivity index (χ2n) is 8.74. The molecule has 3 aromatic rings. The van der Waals surface area contributed by atoms with Crippen LogP contribution in [0.5, 0.6) is 0 Å². The van der Waals surface area contributed by atoms with Gasteiger partial charge >= 0.3 is 5.97 Å². The highest BCUT2D eigenvalue weighted by molar-refractivity contribution is 8.18. The van der Waals surface area contributed by atoms with E-state index in [4.69, 9.17) is 4.74 Å². The summed E-state index contributed by atoms with van der Waals surface area (Å²) in [5.74, 6) is -0.678. The fourth-order valence-electron chi connectivity index (χ4n) is 4.07. The van der Waals surface area contributed by atoms with Crippen molar-refractivity contribution in [3.63, 3.8) is 0 Å². The van der Waals surface area contributed by atoms with Crippen molar-refractivity contribution in [3.8, 4) is 5.69 Å². The van der Waals surface area contributed by atoms with Gasteiger partial charge < -0.3 is 14.4 Å². The number of benzene rings is 2.